The molecule has 1 saturated heterocycles. The smallest absolute Gasteiger partial charge is 0.307 e. The van der Waals surface area contributed by atoms with Gasteiger partial charge in [-0.2, -0.15) is 0 Å². The zero-order valence-electron chi connectivity index (χ0n) is 7.34. The van der Waals surface area contributed by atoms with Crippen LogP contribution < -0.4 is 5.32 Å². The quantitative estimate of drug-likeness (QED) is 0.461. The number of ether oxygens (including phenoxy) is 2. The summed E-state index contributed by atoms with van der Waals surface area (Å²) in [6, 6.07) is 0. The summed E-state index contributed by atoms with van der Waals surface area (Å²) >= 11 is 0. The first kappa shape index (κ1) is 9.48. The minimum absolute atomic E-state index is 0.207. The molecular formula is C8H15NO3. The number of rotatable bonds is 5. The van der Waals surface area contributed by atoms with Crippen molar-refractivity contribution in [2.24, 2.45) is 5.92 Å². The molecule has 0 aromatic carbocycles. The van der Waals surface area contributed by atoms with Crippen LogP contribution in [0.1, 0.15) is 6.42 Å². The number of hydrogen-bond donors (Lipinski definition) is 1. The van der Waals surface area contributed by atoms with E-state index in [1.54, 1.807) is 0 Å². The Labute approximate surface area is 72.2 Å². The molecule has 0 atom stereocenters. The molecule has 0 amide bonds. The van der Waals surface area contributed by atoms with Crippen molar-refractivity contribution in [3.8, 4) is 0 Å². The summed E-state index contributed by atoms with van der Waals surface area (Å²) < 4.78 is 9.74. The molecule has 0 bridgehead atoms. The van der Waals surface area contributed by atoms with Gasteiger partial charge in [-0.15, -0.1) is 0 Å². The van der Waals surface area contributed by atoms with Crippen LogP contribution in [0.15, 0.2) is 0 Å². The highest BCUT2D eigenvalue weighted by Gasteiger charge is 2.16. The molecule has 1 fully saturated rings. The molecule has 0 aromatic heterocycles. The predicted octanol–water partition coefficient (Wildman–Crippen LogP) is -0.215. The molecule has 4 nitrogen and oxygen atoms in total. The van der Waals surface area contributed by atoms with Crippen LogP contribution in [0, 0.1) is 5.92 Å². The van der Waals surface area contributed by atoms with Crippen LogP contribution in [0.3, 0.4) is 0 Å². The Morgan fingerprint density at radius 1 is 1.58 bits per heavy atom. The van der Waals surface area contributed by atoms with Gasteiger partial charge in [0, 0.05) is 19.0 Å². The molecule has 0 unspecified atom stereocenters. The van der Waals surface area contributed by atoms with Crippen LogP contribution >= 0.6 is 0 Å². The minimum atomic E-state index is -0.207. The lowest BCUT2D eigenvalue weighted by molar-refractivity contribution is -0.141. The minimum Gasteiger partial charge on any atom is -0.469 e. The van der Waals surface area contributed by atoms with Crippen molar-refractivity contribution >= 4 is 5.97 Å². The van der Waals surface area contributed by atoms with Crippen LogP contribution in [0.5, 0.6) is 0 Å². The standard InChI is InChI=1S/C8H15NO3/c1-11-8(10)2-3-12-6-7-4-9-5-7/h7,9H,2-6H2,1H3. The summed E-state index contributed by atoms with van der Waals surface area (Å²) in [7, 11) is 1.39. The van der Waals surface area contributed by atoms with Crippen molar-refractivity contribution in [1.29, 1.82) is 0 Å². The SMILES string of the molecule is COC(=O)CCOCC1CNC1. The van der Waals surface area contributed by atoms with E-state index in [2.05, 4.69) is 10.1 Å². The highest BCUT2D eigenvalue weighted by atomic mass is 16.5. The molecule has 0 saturated carbocycles. The second-order valence-corrected chi connectivity index (χ2v) is 2.93. The lowest BCUT2D eigenvalue weighted by Gasteiger charge is -2.26. The first-order chi connectivity index (χ1) is 5.83. The van der Waals surface area contributed by atoms with Gasteiger partial charge in [0.15, 0.2) is 0 Å². The van der Waals surface area contributed by atoms with Gasteiger partial charge in [-0.25, -0.2) is 0 Å². The van der Waals surface area contributed by atoms with E-state index in [9.17, 15) is 4.79 Å². The highest BCUT2D eigenvalue weighted by Crippen LogP contribution is 2.02. The lowest BCUT2D eigenvalue weighted by Crippen LogP contribution is -2.44. The van der Waals surface area contributed by atoms with Crippen molar-refractivity contribution in [2.75, 3.05) is 33.4 Å². The van der Waals surface area contributed by atoms with Gasteiger partial charge in [-0.1, -0.05) is 0 Å². The molecule has 70 valence electrons. The molecule has 1 aliphatic rings. The third-order valence-corrected chi connectivity index (χ3v) is 1.90. The molecule has 1 N–H and O–H groups in total. The fourth-order valence-corrected chi connectivity index (χ4v) is 0.974. The normalized spacial score (nSPS) is 17.1. The number of carbonyl (C=O) groups excluding carboxylic acids is 1. The number of hydrogen-bond acceptors (Lipinski definition) is 4. The van der Waals surface area contributed by atoms with Gasteiger partial charge in [-0.05, 0) is 0 Å². The molecule has 4 heteroatoms. The summed E-state index contributed by atoms with van der Waals surface area (Å²) in [5.41, 5.74) is 0. The number of esters is 1. The Morgan fingerprint density at radius 3 is 2.83 bits per heavy atom. The zero-order valence-corrected chi connectivity index (χ0v) is 7.34. The maximum atomic E-state index is 10.6. The van der Waals surface area contributed by atoms with Crippen molar-refractivity contribution in [3.05, 3.63) is 0 Å². The molecule has 0 aromatic rings. The zero-order chi connectivity index (χ0) is 8.81. The van der Waals surface area contributed by atoms with Crippen LogP contribution in [-0.4, -0.2) is 39.4 Å². The molecule has 1 heterocycles. The average Bonchev–Trinajstić information content (AvgIpc) is 2.00. The molecule has 0 spiro atoms. The summed E-state index contributed by atoms with van der Waals surface area (Å²) in [6.07, 6.45) is 0.358. The summed E-state index contributed by atoms with van der Waals surface area (Å²) in [5.74, 6) is 0.435. The van der Waals surface area contributed by atoms with E-state index in [0.717, 1.165) is 19.7 Å². The van der Waals surface area contributed by atoms with Gasteiger partial charge in [0.05, 0.1) is 26.7 Å². The summed E-state index contributed by atoms with van der Waals surface area (Å²) in [6.45, 7) is 3.31. The Hall–Kier alpha value is -0.610. The first-order valence-electron chi connectivity index (χ1n) is 4.18. The van der Waals surface area contributed by atoms with Crippen molar-refractivity contribution < 1.29 is 14.3 Å². The van der Waals surface area contributed by atoms with Crippen molar-refractivity contribution in [3.63, 3.8) is 0 Å². The van der Waals surface area contributed by atoms with Gasteiger partial charge >= 0.3 is 5.97 Å². The predicted molar refractivity (Wildman–Crippen MR) is 43.8 cm³/mol. The third kappa shape index (κ3) is 3.19. The Morgan fingerprint density at radius 2 is 2.33 bits per heavy atom. The lowest BCUT2D eigenvalue weighted by atomic mass is 10.1. The van der Waals surface area contributed by atoms with E-state index in [1.807, 2.05) is 0 Å². The van der Waals surface area contributed by atoms with E-state index in [0.29, 0.717) is 18.9 Å². The largest absolute Gasteiger partial charge is 0.469 e. The molecule has 1 rings (SSSR count). The van der Waals surface area contributed by atoms with Gasteiger partial charge in [0.2, 0.25) is 0 Å². The molecular weight excluding hydrogens is 158 g/mol. The van der Waals surface area contributed by atoms with E-state index in [4.69, 9.17) is 4.74 Å². The topological polar surface area (TPSA) is 47.6 Å². The number of nitrogens with one attached hydrogen (secondary N) is 1. The van der Waals surface area contributed by atoms with Gasteiger partial charge in [-0.3, -0.25) is 4.79 Å². The third-order valence-electron chi connectivity index (χ3n) is 1.90. The van der Waals surface area contributed by atoms with Gasteiger partial charge in [0.1, 0.15) is 0 Å². The van der Waals surface area contributed by atoms with Crippen LogP contribution in [0.25, 0.3) is 0 Å². The van der Waals surface area contributed by atoms with Gasteiger partial charge in [0.25, 0.3) is 0 Å². The van der Waals surface area contributed by atoms with E-state index < -0.39 is 0 Å². The van der Waals surface area contributed by atoms with Gasteiger partial charge < -0.3 is 14.8 Å². The van der Waals surface area contributed by atoms with Crippen molar-refractivity contribution in [1.82, 2.24) is 5.32 Å². The van der Waals surface area contributed by atoms with Crippen LogP contribution in [0.4, 0.5) is 0 Å². The fourth-order valence-electron chi connectivity index (χ4n) is 0.974. The van der Waals surface area contributed by atoms with Crippen LogP contribution in [0.2, 0.25) is 0 Å². The van der Waals surface area contributed by atoms with E-state index >= 15 is 0 Å². The first-order valence-corrected chi connectivity index (χ1v) is 4.18. The summed E-state index contributed by atoms with van der Waals surface area (Å²) in [4.78, 5) is 10.6. The second-order valence-electron chi connectivity index (χ2n) is 2.93. The van der Waals surface area contributed by atoms with Crippen LogP contribution in [-0.2, 0) is 14.3 Å². The Kier molecular flexibility index (Phi) is 4.04. The monoisotopic (exact) mass is 173 g/mol. The second kappa shape index (κ2) is 5.11. The molecule has 0 aliphatic carbocycles. The number of carbonyl (C=O) groups is 1. The van der Waals surface area contributed by atoms with E-state index in [1.165, 1.54) is 7.11 Å². The maximum absolute atomic E-state index is 10.6. The maximum Gasteiger partial charge on any atom is 0.307 e. The summed E-state index contributed by atoms with van der Waals surface area (Å²) in [5, 5.41) is 3.15. The molecule has 0 radical (unpaired) electrons. The molecule has 1 aliphatic heterocycles. The fraction of sp³-hybridized carbons (Fsp3) is 0.875. The Bertz CT molecular complexity index is 145. The molecule has 12 heavy (non-hydrogen) atoms. The Balaban J connectivity index is 1.85. The van der Waals surface area contributed by atoms with Crippen molar-refractivity contribution in [2.45, 2.75) is 6.42 Å². The number of methoxy groups -OCH3 is 1. The van der Waals surface area contributed by atoms with E-state index in [-0.39, 0.29) is 5.97 Å². The highest BCUT2D eigenvalue weighted by molar-refractivity contribution is 5.69. The average molecular weight is 173 g/mol.